The Kier molecular flexibility index (Phi) is 5.66. The van der Waals surface area contributed by atoms with Gasteiger partial charge >= 0.3 is 0 Å². The van der Waals surface area contributed by atoms with Gasteiger partial charge < -0.3 is 5.32 Å². The first-order valence-corrected chi connectivity index (χ1v) is 10.9. The minimum absolute atomic E-state index is 0.273. The quantitative estimate of drug-likeness (QED) is 0.482. The molecule has 1 heterocycles. The fourth-order valence-corrected chi connectivity index (χ4v) is 4.20. The third kappa shape index (κ3) is 3.82. The SMILES string of the molecule is Cc1ccc(C2=C(Nc3cc(C)ccc3C)C(=O)N(c3cc(Cl)ccc3C)C2=O)c(C)c1. The molecule has 5 heteroatoms. The Hall–Kier alpha value is -3.37. The van der Waals surface area contributed by atoms with Crippen LogP contribution in [0.3, 0.4) is 0 Å². The van der Waals surface area contributed by atoms with E-state index in [-0.39, 0.29) is 11.6 Å². The van der Waals surface area contributed by atoms with E-state index in [1.54, 1.807) is 12.1 Å². The summed E-state index contributed by atoms with van der Waals surface area (Å²) in [5.74, 6) is -0.753. The lowest BCUT2D eigenvalue weighted by Crippen LogP contribution is -2.33. The molecule has 2 amide bonds. The van der Waals surface area contributed by atoms with Crippen LogP contribution in [0, 0.1) is 34.6 Å². The van der Waals surface area contributed by atoms with Crippen LogP contribution in [0.1, 0.15) is 33.4 Å². The van der Waals surface area contributed by atoms with Crippen LogP contribution in [-0.4, -0.2) is 11.8 Å². The summed E-state index contributed by atoms with van der Waals surface area (Å²) in [5.41, 5.74) is 7.55. The minimum atomic E-state index is -0.392. The molecule has 0 saturated carbocycles. The van der Waals surface area contributed by atoms with Gasteiger partial charge in [-0.3, -0.25) is 9.59 Å². The Morgan fingerprint density at radius 1 is 0.719 bits per heavy atom. The molecule has 0 atom stereocenters. The summed E-state index contributed by atoms with van der Waals surface area (Å²) >= 11 is 6.21. The second kappa shape index (κ2) is 8.29. The Labute approximate surface area is 193 Å². The maximum absolute atomic E-state index is 13.7. The van der Waals surface area contributed by atoms with Crippen LogP contribution >= 0.6 is 11.6 Å². The molecule has 1 aliphatic rings. The number of carbonyl (C=O) groups is 2. The van der Waals surface area contributed by atoms with Crippen molar-refractivity contribution >= 4 is 40.4 Å². The van der Waals surface area contributed by atoms with Crippen LogP contribution in [0.25, 0.3) is 5.57 Å². The Balaban J connectivity index is 1.91. The number of nitrogens with zero attached hydrogens (tertiary/aromatic N) is 1. The first-order chi connectivity index (χ1) is 15.2. The lowest BCUT2D eigenvalue weighted by atomic mass is 9.97. The zero-order valence-electron chi connectivity index (χ0n) is 18.8. The molecule has 0 unspecified atom stereocenters. The Bertz CT molecular complexity index is 1310. The largest absolute Gasteiger partial charge is 0.350 e. The fraction of sp³-hybridized carbons (Fsp3) is 0.185. The molecule has 32 heavy (non-hydrogen) atoms. The number of hydrogen-bond donors (Lipinski definition) is 1. The van der Waals surface area contributed by atoms with E-state index >= 15 is 0 Å². The number of nitrogens with one attached hydrogen (secondary N) is 1. The predicted octanol–water partition coefficient (Wildman–Crippen LogP) is 6.28. The normalized spacial score (nSPS) is 13.9. The average Bonchev–Trinajstić information content (AvgIpc) is 2.96. The van der Waals surface area contributed by atoms with E-state index in [1.165, 1.54) is 4.90 Å². The molecule has 0 spiro atoms. The number of hydrogen-bond acceptors (Lipinski definition) is 3. The highest BCUT2D eigenvalue weighted by Gasteiger charge is 2.41. The molecule has 0 bridgehead atoms. The van der Waals surface area contributed by atoms with Crippen molar-refractivity contribution in [1.29, 1.82) is 0 Å². The van der Waals surface area contributed by atoms with E-state index < -0.39 is 5.91 Å². The summed E-state index contributed by atoms with van der Waals surface area (Å²) in [6, 6.07) is 17.1. The van der Waals surface area contributed by atoms with Crippen LogP contribution < -0.4 is 10.2 Å². The van der Waals surface area contributed by atoms with Crippen molar-refractivity contribution < 1.29 is 9.59 Å². The zero-order valence-corrected chi connectivity index (χ0v) is 19.6. The molecule has 0 fully saturated rings. The van der Waals surface area contributed by atoms with Crippen molar-refractivity contribution in [2.24, 2.45) is 0 Å². The average molecular weight is 445 g/mol. The maximum Gasteiger partial charge on any atom is 0.282 e. The van der Waals surface area contributed by atoms with Gasteiger partial charge in [0.05, 0.1) is 11.3 Å². The van der Waals surface area contributed by atoms with Gasteiger partial charge in [0.1, 0.15) is 5.70 Å². The Morgan fingerprint density at radius 3 is 2.09 bits per heavy atom. The smallest absolute Gasteiger partial charge is 0.282 e. The fourth-order valence-electron chi connectivity index (χ4n) is 4.04. The second-order valence-electron chi connectivity index (χ2n) is 8.39. The molecule has 4 nitrogen and oxygen atoms in total. The first-order valence-electron chi connectivity index (χ1n) is 10.5. The summed E-state index contributed by atoms with van der Waals surface area (Å²) in [4.78, 5) is 28.6. The molecule has 4 rings (SSSR count). The highest BCUT2D eigenvalue weighted by molar-refractivity contribution is 6.46. The van der Waals surface area contributed by atoms with Crippen molar-refractivity contribution in [2.45, 2.75) is 34.6 Å². The number of imide groups is 1. The number of anilines is 2. The molecule has 0 saturated heterocycles. The number of rotatable bonds is 4. The summed E-state index contributed by atoms with van der Waals surface area (Å²) in [6.07, 6.45) is 0. The highest BCUT2D eigenvalue weighted by atomic mass is 35.5. The number of aryl methyl sites for hydroxylation is 5. The van der Waals surface area contributed by atoms with Crippen molar-refractivity contribution in [2.75, 3.05) is 10.2 Å². The summed E-state index contributed by atoms with van der Waals surface area (Å²) < 4.78 is 0. The standard InChI is InChI=1S/C27H25ClN2O2/c1-15-7-11-21(19(5)12-15)24-25(29-22-13-16(2)6-8-17(22)3)27(32)30(26(24)31)23-14-20(28)10-9-18(23)4/h6-14,29H,1-5H3. The molecular weight excluding hydrogens is 420 g/mol. The number of benzene rings is 3. The summed E-state index contributed by atoms with van der Waals surface area (Å²) in [5, 5.41) is 3.76. The molecule has 0 aliphatic carbocycles. The molecule has 0 radical (unpaired) electrons. The monoisotopic (exact) mass is 444 g/mol. The van der Waals surface area contributed by atoms with E-state index in [4.69, 9.17) is 11.6 Å². The van der Waals surface area contributed by atoms with Gasteiger partial charge in [-0.1, -0.05) is 53.6 Å². The van der Waals surface area contributed by atoms with Crippen molar-refractivity contribution in [3.05, 3.63) is 98.7 Å². The van der Waals surface area contributed by atoms with Crippen LogP contribution in [-0.2, 0) is 9.59 Å². The van der Waals surface area contributed by atoms with Crippen LogP contribution in [0.2, 0.25) is 5.02 Å². The van der Waals surface area contributed by atoms with Gasteiger partial charge in [0.2, 0.25) is 0 Å². The number of amides is 2. The van der Waals surface area contributed by atoms with Crippen molar-refractivity contribution in [3.8, 4) is 0 Å². The predicted molar refractivity (Wildman–Crippen MR) is 131 cm³/mol. The molecular formula is C27H25ClN2O2. The van der Waals surface area contributed by atoms with Gasteiger partial charge in [-0.25, -0.2) is 4.90 Å². The van der Waals surface area contributed by atoms with E-state index in [2.05, 4.69) is 5.32 Å². The van der Waals surface area contributed by atoms with Crippen LogP contribution in [0.15, 0.2) is 60.3 Å². The van der Waals surface area contributed by atoms with Crippen molar-refractivity contribution in [1.82, 2.24) is 0 Å². The molecule has 1 aliphatic heterocycles. The van der Waals surface area contributed by atoms with Crippen LogP contribution in [0.4, 0.5) is 11.4 Å². The molecule has 3 aromatic rings. The second-order valence-corrected chi connectivity index (χ2v) is 8.82. The van der Waals surface area contributed by atoms with Gasteiger partial charge in [0.15, 0.2) is 0 Å². The molecule has 1 N–H and O–H groups in total. The molecule has 162 valence electrons. The topological polar surface area (TPSA) is 49.4 Å². The van der Waals surface area contributed by atoms with Gasteiger partial charge in [-0.05, 0) is 80.6 Å². The van der Waals surface area contributed by atoms with Gasteiger partial charge in [0.25, 0.3) is 11.8 Å². The van der Waals surface area contributed by atoms with E-state index in [0.717, 1.165) is 39.1 Å². The van der Waals surface area contributed by atoms with Gasteiger partial charge in [0, 0.05) is 10.7 Å². The lowest BCUT2D eigenvalue weighted by molar-refractivity contribution is -0.120. The van der Waals surface area contributed by atoms with Gasteiger partial charge in [-0.15, -0.1) is 0 Å². The molecule has 0 aromatic heterocycles. The molecule has 3 aromatic carbocycles. The van der Waals surface area contributed by atoms with E-state index in [0.29, 0.717) is 16.3 Å². The summed E-state index contributed by atoms with van der Waals surface area (Å²) in [7, 11) is 0. The van der Waals surface area contributed by atoms with Crippen molar-refractivity contribution in [3.63, 3.8) is 0 Å². The maximum atomic E-state index is 13.7. The lowest BCUT2D eigenvalue weighted by Gasteiger charge is -2.18. The van der Waals surface area contributed by atoms with Crippen LogP contribution in [0.5, 0.6) is 0 Å². The van der Waals surface area contributed by atoms with Gasteiger partial charge in [-0.2, -0.15) is 0 Å². The van der Waals surface area contributed by atoms with E-state index in [9.17, 15) is 9.59 Å². The Morgan fingerprint density at radius 2 is 1.38 bits per heavy atom. The minimum Gasteiger partial charge on any atom is -0.350 e. The third-order valence-corrected chi connectivity index (χ3v) is 6.04. The summed E-state index contributed by atoms with van der Waals surface area (Å²) in [6.45, 7) is 9.78. The first kappa shape index (κ1) is 21.8. The zero-order chi connectivity index (χ0) is 23.2. The van der Waals surface area contributed by atoms with E-state index in [1.807, 2.05) is 77.1 Å². The number of carbonyl (C=O) groups excluding carboxylic acids is 2. The highest BCUT2D eigenvalue weighted by Crippen LogP contribution is 2.37. The number of halogens is 1. The third-order valence-electron chi connectivity index (χ3n) is 5.80.